The molecule has 0 aliphatic carbocycles. The molecule has 0 saturated carbocycles. The molecule has 1 fully saturated rings. The van der Waals surface area contributed by atoms with Crippen LogP contribution < -0.4 is 11.1 Å². The molecule has 0 radical (unpaired) electrons. The minimum absolute atomic E-state index is 0.0581. The van der Waals surface area contributed by atoms with E-state index in [1.165, 1.54) is 0 Å². The third kappa shape index (κ3) is 5.28. The van der Waals surface area contributed by atoms with Gasteiger partial charge in [-0.15, -0.1) is 0 Å². The molecule has 0 bridgehead atoms. The number of carbonyl (C=O) groups is 3. The number of likely N-dealkylation sites (tertiary alicyclic amines) is 1. The Balaban J connectivity index is 1.69. The quantitative estimate of drug-likeness (QED) is 0.755. The van der Waals surface area contributed by atoms with E-state index in [-0.39, 0.29) is 30.1 Å². The monoisotopic (exact) mass is 433 g/mol. The molecule has 0 unspecified atom stereocenters. The average Bonchev–Trinajstić information content (AvgIpc) is 2.70. The third-order valence-corrected chi connectivity index (χ3v) is 5.57. The lowest BCUT2D eigenvalue weighted by Crippen LogP contribution is -2.42. The maximum absolute atomic E-state index is 13.0. The van der Waals surface area contributed by atoms with Crippen LogP contribution in [0.4, 0.5) is 5.69 Å². The van der Waals surface area contributed by atoms with Gasteiger partial charge in [-0.1, -0.05) is 41.4 Å². The summed E-state index contributed by atoms with van der Waals surface area (Å²) in [4.78, 5) is 38.5. The predicted octanol–water partition coefficient (Wildman–Crippen LogP) is 3.51. The van der Waals surface area contributed by atoms with Crippen molar-refractivity contribution in [1.82, 2.24) is 4.90 Å². The van der Waals surface area contributed by atoms with Crippen LogP contribution in [0.25, 0.3) is 0 Å². The van der Waals surface area contributed by atoms with Crippen molar-refractivity contribution in [3.8, 4) is 0 Å². The normalized spacial score (nSPS) is 14.5. The second-order valence-electron chi connectivity index (χ2n) is 6.98. The molecule has 152 valence electrons. The minimum Gasteiger partial charge on any atom is -0.369 e. The van der Waals surface area contributed by atoms with Gasteiger partial charge in [-0.25, -0.2) is 0 Å². The van der Waals surface area contributed by atoms with Crippen LogP contribution in [0.5, 0.6) is 0 Å². The van der Waals surface area contributed by atoms with E-state index in [4.69, 9.17) is 28.9 Å². The molecular weight excluding hydrogens is 413 g/mol. The zero-order valence-electron chi connectivity index (χ0n) is 15.7. The number of primary amides is 1. The van der Waals surface area contributed by atoms with E-state index >= 15 is 0 Å². The van der Waals surface area contributed by atoms with Crippen molar-refractivity contribution in [3.63, 3.8) is 0 Å². The van der Waals surface area contributed by atoms with Gasteiger partial charge in [-0.2, -0.15) is 0 Å². The van der Waals surface area contributed by atoms with Gasteiger partial charge in [0.25, 0.3) is 5.91 Å². The Bertz CT molecular complexity index is 941. The van der Waals surface area contributed by atoms with Crippen LogP contribution in [0.2, 0.25) is 10.0 Å². The molecule has 29 heavy (non-hydrogen) atoms. The Morgan fingerprint density at radius 3 is 2.41 bits per heavy atom. The Kier molecular flexibility index (Phi) is 6.77. The van der Waals surface area contributed by atoms with E-state index < -0.39 is 0 Å². The van der Waals surface area contributed by atoms with Crippen LogP contribution in [-0.2, 0) is 16.0 Å². The maximum Gasteiger partial charge on any atom is 0.255 e. The first kappa shape index (κ1) is 21.1. The smallest absolute Gasteiger partial charge is 0.255 e. The van der Waals surface area contributed by atoms with Gasteiger partial charge in [-0.05, 0) is 42.7 Å². The van der Waals surface area contributed by atoms with Gasteiger partial charge in [0.2, 0.25) is 11.8 Å². The van der Waals surface area contributed by atoms with Crippen molar-refractivity contribution in [2.75, 3.05) is 18.4 Å². The summed E-state index contributed by atoms with van der Waals surface area (Å²) in [6.07, 6.45) is 1.15. The highest BCUT2D eigenvalue weighted by molar-refractivity contribution is 6.35. The van der Waals surface area contributed by atoms with Gasteiger partial charge in [0.05, 0.1) is 17.7 Å². The summed E-state index contributed by atoms with van der Waals surface area (Å²) < 4.78 is 0. The van der Waals surface area contributed by atoms with E-state index in [9.17, 15) is 14.4 Å². The first-order valence-electron chi connectivity index (χ1n) is 9.26. The summed E-state index contributed by atoms with van der Waals surface area (Å²) in [5.41, 5.74) is 6.84. The summed E-state index contributed by atoms with van der Waals surface area (Å²) in [6, 6.07) is 11.8. The topological polar surface area (TPSA) is 92.5 Å². The summed E-state index contributed by atoms with van der Waals surface area (Å²) in [5.74, 6) is -1.00. The number of halogens is 2. The van der Waals surface area contributed by atoms with Crippen molar-refractivity contribution in [2.24, 2.45) is 11.7 Å². The van der Waals surface area contributed by atoms with E-state index in [1.54, 1.807) is 47.4 Å². The number of amides is 3. The number of para-hydroxylation sites is 1. The lowest BCUT2D eigenvalue weighted by molar-refractivity contribution is -0.123. The second-order valence-corrected chi connectivity index (χ2v) is 7.82. The second kappa shape index (κ2) is 9.29. The van der Waals surface area contributed by atoms with Gasteiger partial charge in [0.1, 0.15) is 0 Å². The fraction of sp³-hybridized carbons (Fsp3) is 0.286. The van der Waals surface area contributed by atoms with Crippen LogP contribution in [0.15, 0.2) is 42.5 Å². The molecule has 1 saturated heterocycles. The van der Waals surface area contributed by atoms with Gasteiger partial charge >= 0.3 is 0 Å². The van der Waals surface area contributed by atoms with Gasteiger partial charge in [0.15, 0.2) is 0 Å². The summed E-state index contributed by atoms with van der Waals surface area (Å²) >= 11 is 12.0. The number of hydrogen-bond donors (Lipinski definition) is 2. The van der Waals surface area contributed by atoms with Crippen molar-refractivity contribution in [1.29, 1.82) is 0 Å². The zero-order chi connectivity index (χ0) is 21.0. The van der Waals surface area contributed by atoms with Crippen LogP contribution in [0, 0.1) is 5.92 Å². The molecular formula is C21H21Cl2N3O3. The zero-order valence-corrected chi connectivity index (χ0v) is 17.2. The van der Waals surface area contributed by atoms with Crippen LogP contribution in [0.1, 0.15) is 28.8 Å². The van der Waals surface area contributed by atoms with Crippen molar-refractivity contribution < 1.29 is 14.4 Å². The SMILES string of the molecule is NC(=O)C1CCN(C(=O)c2ccccc2NC(=O)Cc2ccc(Cl)cc2Cl)CC1. The fourth-order valence-electron chi connectivity index (χ4n) is 3.35. The number of anilines is 1. The molecule has 0 spiro atoms. The van der Waals surface area contributed by atoms with Gasteiger partial charge < -0.3 is 16.0 Å². The molecule has 1 aliphatic heterocycles. The van der Waals surface area contributed by atoms with E-state index in [2.05, 4.69) is 5.32 Å². The standard InChI is InChI=1S/C21H21Cl2N3O3/c22-15-6-5-14(17(23)12-15)11-19(27)25-18-4-2-1-3-16(18)21(29)26-9-7-13(8-10-26)20(24)28/h1-6,12-13H,7-11H2,(H2,24,28)(H,25,27). The average molecular weight is 434 g/mol. The van der Waals surface area contributed by atoms with Crippen molar-refractivity contribution >= 4 is 46.6 Å². The molecule has 2 aromatic rings. The lowest BCUT2D eigenvalue weighted by Gasteiger charge is -2.31. The Morgan fingerprint density at radius 1 is 1.07 bits per heavy atom. The molecule has 3 N–H and O–H groups in total. The van der Waals surface area contributed by atoms with Crippen molar-refractivity contribution in [3.05, 3.63) is 63.6 Å². The third-order valence-electron chi connectivity index (χ3n) is 4.98. The largest absolute Gasteiger partial charge is 0.369 e. The Labute approximate surface area is 179 Å². The Hall–Kier alpha value is -2.57. The molecule has 0 aromatic heterocycles. The summed E-state index contributed by atoms with van der Waals surface area (Å²) in [5, 5.41) is 3.70. The molecule has 1 heterocycles. The van der Waals surface area contributed by atoms with E-state index in [1.807, 2.05) is 0 Å². The number of hydrogen-bond acceptors (Lipinski definition) is 3. The number of benzene rings is 2. The molecule has 6 nitrogen and oxygen atoms in total. The molecule has 2 aromatic carbocycles. The first-order valence-corrected chi connectivity index (χ1v) is 10.0. The lowest BCUT2D eigenvalue weighted by atomic mass is 9.95. The maximum atomic E-state index is 13.0. The molecule has 3 amide bonds. The summed E-state index contributed by atoms with van der Waals surface area (Å²) in [6.45, 7) is 0.907. The molecule has 3 rings (SSSR count). The number of piperidine rings is 1. The molecule has 8 heteroatoms. The predicted molar refractivity (Wildman–Crippen MR) is 113 cm³/mol. The fourth-order valence-corrected chi connectivity index (χ4v) is 3.82. The number of nitrogens with one attached hydrogen (secondary N) is 1. The Morgan fingerprint density at radius 2 is 1.76 bits per heavy atom. The minimum atomic E-state index is -0.328. The summed E-state index contributed by atoms with van der Waals surface area (Å²) in [7, 11) is 0. The number of nitrogens with two attached hydrogens (primary N) is 1. The van der Waals surface area contributed by atoms with Crippen LogP contribution in [-0.4, -0.2) is 35.7 Å². The molecule has 1 aliphatic rings. The van der Waals surface area contributed by atoms with Crippen LogP contribution >= 0.6 is 23.2 Å². The number of rotatable bonds is 5. The highest BCUT2D eigenvalue weighted by atomic mass is 35.5. The van der Waals surface area contributed by atoms with E-state index in [0.29, 0.717) is 52.8 Å². The van der Waals surface area contributed by atoms with Gasteiger partial charge in [-0.3, -0.25) is 14.4 Å². The van der Waals surface area contributed by atoms with Crippen LogP contribution in [0.3, 0.4) is 0 Å². The first-order chi connectivity index (χ1) is 13.8. The van der Waals surface area contributed by atoms with E-state index in [0.717, 1.165) is 0 Å². The molecule has 0 atom stereocenters. The number of nitrogens with zero attached hydrogens (tertiary/aromatic N) is 1. The number of carbonyl (C=O) groups excluding carboxylic acids is 3. The highest BCUT2D eigenvalue weighted by Gasteiger charge is 2.27. The van der Waals surface area contributed by atoms with Gasteiger partial charge in [0, 0.05) is 29.1 Å². The highest BCUT2D eigenvalue weighted by Crippen LogP contribution is 2.24. The van der Waals surface area contributed by atoms with Crippen molar-refractivity contribution in [2.45, 2.75) is 19.3 Å².